The zero-order valence-electron chi connectivity index (χ0n) is 7.94. The van der Waals surface area contributed by atoms with E-state index in [0.717, 1.165) is 15.7 Å². The molecule has 0 saturated heterocycles. The predicted octanol–water partition coefficient (Wildman–Crippen LogP) is 3.24. The van der Waals surface area contributed by atoms with Crippen LogP contribution in [0.15, 0.2) is 53.1 Å². The third-order valence-electron chi connectivity index (χ3n) is 1.86. The van der Waals surface area contributed by atoms with Crippen molar-refractivity contribution >= 4 is 15.9 Å². The van der Waals surface area contributed by atoms with Crippen LogP contribution in [0.5, 0.6) is 0 Å². The van der Waals surface area contributed by atoms with Gasteiger partial charge >= 0.3 is 0 Å². The van der Waals surface area contributed by atoms with Crippen molar-refractivity contribution in [2.24, 2.45) is 0 Å². The van der Waals surface area contributed by atoms with Crippen molar-refractivity contribution in [3.63, 3.8) is 0 Å². The molecule has 2 aromatic rings. The van der Waals surface area contributed by atoms with Gasteiger partial charge in [0.15, 0.2) is 0 Å². The van der Waals surface area contributed by atoms with E-state index in [1.807, 2.05) is 42.5 Å². The molecule has 0 aliphatic heterocycles. The van der Waals surface area contributed by atoms with Crippen molar-refractivity contribution in [1.29, 1.82) is 0 Å². The minimum atomic E-state index is 0.765. The maximum atomic E-state index is 4.17. The van der Waals surface area contributed by atoms with Crippen molar-refractivity contribution in [3.05, 3.63) is 64.4 Å². The van der Waals surface area contributed by atoms with Crippen molar-refractivity contribution in [1.82, 2.24) is 4.98 Å². The summed E-state index contributed by atoms with van der Waals surface area (Å²) < 4.78 is 0.924. The van der Waals surface area contributed by atoms with Crippen LogP contribution in [0.3, 0.4) is 0 Å². The fourth-order valence-electron chi connectivity index (χ4n) is 1.13. The molecule has 15 heavy (non-hydrogen) atoms. The molecular formula is C13H8BrN. The lowest BCUT2D eigenvalue weighted by Gasteiger charge is -1.92. The van der Waals surface area contributed by atoms with Crippen LogP contribution in [0.4, 0.5) is 0 Å². The molecule has 2 rings (SSSR count). The number of nitrogens with zero attached hydrogens (tertiary/aromatic N) is 1. The quantitative estimate of drug-likeness (QED) is 0.661. The number of aromatic nitrogens is 1. The van der Waals surface area contributed by atoms with E-state index < -0.39 is 0 Å². The summed E-state index contributed by atoms with van der Waals surface area (Å²) in [6.07, 6.45) is 1.74. The Morgan fingerprint density at radius 3 is 2.47 bits per heavy atom. The molecule has 0 N–H and O–H groups in total. The molecule has 0 radical (unpaired) electrons. The number of hydrogen-bond acceptors (Lipinski definition) is 1. The molecule has 72 valence electrons. The molecular weight excluding hydrogens is 250 g/mol. The van der Waals surface area contributed by atoms with E-state index in [1.165, 1.54) is 0 Å². The Morgan fingerprint density at radius 2 is 1.73 bits per heavy atom. The molecule has 1 nitrogen and oxygen atoms in total. The smallest absolute Gasteiger partial charge is 0.127 e. The summed E-state index contributed by atoms with van der Waals surface area (Å²) in [4.78, 5) is 4.17. The van der Waals surface area contributed by atoms with Gasteiger partial charge in [0.25, 0.3) is 0 Å². The molecule has 1 aromatic heterocycles. The van der Waals surface area contributed by atoms with Gasteiger partial charge in [-0.25, -0.2) is 4.98 Å². The Labute approximate surface area is 97.3 Å². The summed E-state index contributed by atoms with van der Waals surface area (Å²) in [6, 6.07) is 13.7. The maximum absolute atomic E-state index is 4.17. The van der Waals surface area contributed by atoms with Gasteiger partial charge in [0.05, 0.1) is 4.47 Å². The van der Waals surface area contributed by atoms with Crippen LogP contribution in [-0.4, -0.2) is 4.98 Å². The molecule has 1 aromatic carbocycles. The van der Waals surface area contributed by atoms with Gasteiger partial charge in [-0.1, -0.05) is 24.1 Å². The number of hydrogen-bond donors (Lipinski definition) is 0. The normalized spacial score (nSPS) is 9.13. The Morgan fingerprint density at radius 1 is 0.933 bits per heavy atom. The Hall–Kier alpha value is -1.59. The first-order chi connectivity index (χ1) is 7.36. The van der Waals surface area contributed by atoms with Gasteiger partial charge in [0, 0.05) is 11.8 Å². The Kier molecular flexibility index (Phi) is 3.16. The fraction of sp³-hybridized carbons (Fsp3) is 0. The van der Waals surface area contributed by atoms with Crippen LogP contribution in [0.25, 0.3) is 0 Å². The topological polar surface area (TPSA) is 12.9 Å². The molecule has 0 spiro atoms. The summed E-state index contributed by atoms with van der Waals surface area (Å²) >= 11 is 3.40. The highest BCUT2D eigenvalue weighted by Gasteiger charge is 1.93. The number of halogens is 1. The standard InChI is InChI=1S/C13H8BrN/c14-12-7-4-10-15-13(12)9-8-11-5-2-1-3-6-11/h1-7,10H. The molecule has 0 fully saturated rings. The lowest BCUT2D eigenvalue weighted by atomic mass is 10.2. The molecule has 0 aliphatic rings. The van der Waals surface area contributed by atoms with Crippen molar-refractivity contribution in [2.75, 3.05) is 0 Å². The first-order valence-electron chi connectivity index (χ1n) is 4.54. The van der Waals surface area contributed by atoms with Gasteiger partial charge in [0.2, 0.25) is 0 Å². The van der Waals surface area contributed by atoms with E-state index in [4.69, 9.17) is 0 Å². The number of rotatable bonds is 0. The van der Waals surface area contributed by atoms with Crippen LogP contribution in [0.2, 0.25) is 0 Å². The SMILES string of the molecule is Brc1cccnc1C#Cc1ccccc1. The van der Waals surface area contributed by atoms with Gasteiger partial charge in [-0.2, -0.15) is 0 Å². The fourth-order valence-corrected chi connectivity index (χ4v) is 1.48. The van der Waals surface area contributed by atoms with Crippen LogP contribution >= 0.6 is 15.9 Å². The van der Waals surface area contributed by atoms with Crippen LogP contribution in [0, 0.1) is 11.8 Å². The molecule has 0 unspecified atom stereocenters. The summed E-state index contributed by atoms with van der Waals surface area (Å²) in [6.45, 7) is 0. The summed E-state index contributed by atoms with van der Waals surface area (Å²) in [5, 5.41) is 0. The van der Waals surface area contributed by atoms with E-state index in [0.29, 0.717) is 0 Å². The van der Waals surface area contributed by atoms with Crippen molar-refractivity contribution in [3.8, 4) is 11.8 Å². The first kappa shape index (κ1) is 9.95. The third-order valence-corrected chi connectivity index (χ3v) is 2.50. The minimum Gasteiger partial charge on any atom is -0.247 e. The van der Waals surface area contributed by atoms with E-state index in [2.05, 4.69) is 32.8 Å². The second-order valence-electron chi connectivity index (χ2n) is 2.95. The van der Waals surface area contributed by atoms with Gasteiger partial charge in [-0.3, -0.25) is 0 Å². The lowest BCUT2D eigenvalue weighted by molar-refractivity contribution is 1.27. The van der Waals surface area contributed by atoms with Gasteiger partial charge in [-0.15, -0.1) is 0 Å². The van der Waals surface area contributed by atoms with E-state index in [-0.39, 0.29) is 0 Å². The zero-order chi connectivity index (χ0) is 10.5. The first-order valence-corrected chi connectivity index (χ1v) is 5.33. The molecule has 1 heterocycles. The summed E-state index contributed by atoms with van der Waals surface area (Å²) in [7, 11) is 0. The zero-order valence-corrected chi connectivity index (χ0v) is 9.53. The highest BCUT2D eigenvalue weighted by Crippen LogP contribution is 2.11. The Bertz CT molecular complexity index is 509. The highest BCUT2D eigenvalue weighted by atomic mass is 79.9. The minimum absolute atomic E-state index is 0.765. The lowest BCUT2D eigenvalue weighted by Crippen LogP contribution is -1.82. The largest absolute Gasteiger partial charge is 0.247 e. The van der Waals surface area contributed by atoms with E-state index in [9.17, 15) is 0 Å². The van der Waals surface area contributed by atoms with Crippen LogP contribution in [-0.2, 0) is 0 Å². The molecule has 0 aliphatic carbocycles. The van der Waals surface area contributed by atoms with Crippen molar-refractivity contribution in [2.45, 2.75) is 0 Å². The van der Waals surface area contributed by atoms with E-state index >= 15 is 0 Å². The third kappa shape index (κ3) is 2.68. The Balaban J connectivity index is 2.31. The molecule has 0 amide bonds. The molecule has 2 heteroatoms. The van der Waals surface area contributed by atoms with Crippen molar-refractivity contribution < 1.29 is 0 Å². The van der Waals surface area contributed by atoms with Crippen LogP contribution < -0.4 is 0 Å². The van der Waals surface area contributed by atoms with Gasteiger partial charge in [-0.05, 0) is 46.1 Å². The number of benzene rings is 1. The average molecular weight is 258 g/mol. The monoisotopic (exact) mass is 257 g/mol. The predicted molar refractivity (Wildman–Crippen MR) is 64.4 cm³/mol. The van der Waals surface area contributed by atoms with Gasteiger partial charge < -0.3 is 0 Å². The highest BCUT2D eigenvalue weighted by molar-refractivity contribution is 9.10. The number of pyridine rings is 1. The maximum Gasteiger partial charge on any atom is 0.127 e. The second-order valence-corrected chi connectivity index (χ2v) is 3.80. The molecule has 0 bridgehead atoms. The van der Waals surface area contributed by atoms with Crippen LogP contribution in [0.1, 0.15) is 11.3 Å². The summed E-state index contributed by atoms with van der Waals surface area (Å²) in [5.41, 5.74) is 1.76. The van der Waals surface area contributed by atoms with Gasteiger partial charge in [0.1, 0.15) is 5.69 Å². The second kappa shape index (κ2) is 4.77. The molecule has 0 saturated carbocycles. The summed E-state index contributed by atoms with van der Waals surface area (Å²) in [5.74, 6) is 6.08. The van der Waals surface area contributed by atoms with E-state index in [1.54, 1.807) is 6.20 Å². The average Bonchev–Trinajstić information content (AvgIpc) is 2.29. The molecule has 0 atom stereocenters.